The van der Waals surface area contributed by atoms with Gasteiger partial charge in [0, 0.05) is 16.8 Å². The third-order valence-corrected chi connectivity index (χ3v) is 7.71. The lowest BCUT2D eigenvalue weighted by Crippen LogP contribution is -2.19. The molecular weight excluding hydrogens is 456 g/mol. The van der Waals surface area contributed by atoms with Crippen LogP contribution < -0.4 is 11.1 Å². The van der Waals surface area contributed by atoms with Crippen LogP contribution in [0.25, 0.3) is 22.1 Å². The van der Waals surface area contributed by atoms with E-state index < -0.39 is 5.91 Å². The van der Waals surface area contributed by atoms with E-state index in [4.69, 9.17) is 5.73 Å². The fraction of sp³-hybridized carbons (Fsp3) is 0.261. The fourth-order valence-corrected chi connectivity index (χ4v) is 6.16. The maximum Gasteiger partial charge on any atom is 0.251 e. The quantitative estimate of drug-likeness (QED) is 0.307. The van der Waals surface area contributed by atoms with Gasteiger partial charge < -0.3 is 15.6 Å². The van der Waals surface area contributed by atoms with Crippen molar-refractivity contribution in [2.45, 2.75) is 37.4 Å². The zero-order valence-electron chi connectivity index (χ0n) is 17.8. The lowest BCUT2D eigenvalue weighted by atomic mass is 9.95. The normalized spacial score (nSPS) is 13.2. The van der Waals surface area contributed by atoms with E-state index in [-0.39, 0.29) is 11.7 Å². The van der Waals surface area contributed by atoms with Crippen molar-refractivity contribution in [1.29, 1.82) is 0 Å². The highest BCUT2D eigenvalue weighted by molar-refractivity contribution is 7.99. The van der Waals surface area contributed by atoms with E-state index in [1.165, 1.54) is 23.1 Å². The Morgan fingerprint density at radius 2 is 2.06 bits per heavy atom. The topological polar surface area (TPSA) is 116 Å². The minimum atomic E-state index is -0.495. The Labute approximate surface area is 198 Å². The summed E-state index contributed by atoms with van der Waals surface area (Å²) < 4.78 is 2.03. The fourth-order valence-electron chi connectivity index (χ4n) is 4.27. The molecule has 0 spiro atoms. The van der Waals surface area contributed by atoms with Gasteiger partial charge in [0.25, 0.3) is 5.91 Å². The molecule has 0 atom stereocenters. The number of nitrogens with two attached hydrogens (primary N) is 1. The van der Waals surface area contributed by atoms with E-state index in [9.17, 15) is 9.59 Å². The van der Waals surface area contributed by atoms with Gasteiger partial charge >= 0.3 is 0 Å². The Morgan fingerprint density at radius 1 is 1.24 bits per heavy atom. The second kappa shape index (κ2) is 8.95. The number of aryl methyl sites for hydroxylation is 1. The molecule has 3 N–H and O–H groups in total. The molecule has 33 heavy (non-hydrogen) atoms. The number of thiophene rings is 1. The van der Waals surface area contributed by atoms with Gasteiger partial charge in [-0.3, -0.25) is 9.59 Å². The summed E-state index contributed by atoms with van der Waals surface area (Å²) in [7, 11) is 0. The number of hydrogen-bond acceptors (Lipinski definition) is 7. The molecule has 2 amide bonds. The van der Waals surface area contributed by atoms with Crippen LogP contribution in [0.5, 0.6) is 0 Å². The number of amides is 2. The summed E-state index contributed by atoms with van der Waals surface area (Å²) in [6, 6.07) is 7.93. The first-order chi connectivity index (χ1) is 16.1. The van der Waals surface area contributed by atoms with E-state index in [0.29, 0.717) is 27.9 Å². The van der Waals surface area contributed by atoms with Gasteiger partial charge in [0.1, 0.15) is 10.5 Å². The Bertz CT molecular complexity index is 1410. The summed E-state index contributed by atoms with van der Waals surface area (Å²) >= 11 is 2.65. The van der Waals surface area contributed by atoms with Gasteiger partial charge in [-0.2, -0.15) is 0 Å². The highest BCUT2D eigenvalue weighted by Crippen LogP contribution is 2.38. The number of fused-ring (bicyclic) bond motifs is 4. The molecule has 1 aromatic carbocycles. The number of thioether (sulfide) groups is 1. The van der Waals surface area contributed by atoms with Gasteiger partial charge in [-0.15, -0.1) is 28.1 Å². The molecule has 0 saturated carbocycles. The van der Waals surface area contributed by atoms with Crippen LogP contribution in [0.15, 0.2) is 42.1 Å². The van der Waals surface area contributed by atoms with E-state index in [1.807, 2.05) is 34.9 Å². The third kappa shape index (κ3) is 4.00. The predicted molar refractivity (Wildman–Crippen MR) is 132 cm³/mol. The van der Waals surface area contributed by atoms with Crippen LogP contribution in [0.3, 0.4) is 0 Å². The molecule has 0 aliphatic heterocycles. The average Bonchev–Trinajstić information content (AvgIpc) is 3.33. The van der Waals surface area contributed by atoms with Gasteiger partial charge in [-0.25, -0.2) is 4.98 Å². The molecule has 3 heterocycles. The van der Waals surface area contributed by atoms with Crippen LogP contribution in [0.1, 0.15) is 33.6 Å². The Morgan fingerprint density at radius 3 is 2.88 bits per heavy atom. The first-order valence-electron chi connectivity index (χ1n) is 10.7. The SMILES string of the molecule is C=CCn1c2ccccc2c2nnc(SCC(=O)Nc3sc4c(c3C(N)=O)CCCC4)nc21. The molecule has 1 aliphatic carbocycles. The standard InChI is InChI=1S/C23H22N6O2S2/c1-2-11-29-15-9-5-3-7-13(15)19-21(29)26-23(28-27-19)32-12-17(30)25-22-18(20(24)31)14-8-4-6-10-16(14)33-22/h2-3,5,7,9H,1,4,6,8,10-12H2,(H2,24,31)(H,25,30). The molecule has 1 aliphatic rings. The number of carbonyl (C=O) groups is 2. The van der Waals surface area contributed by atoms with Crippen LogP contribution in [0, 0.1) is 0 Å². The van der Waals surface area contributed by atoms with Gasteiger partial charge in [0.05, 0.1) is 16.8 Å². The van der Waals surface area contributed by atoms with E-state index >= 15 is 0 Å². The summed E-state index contributed by atoms with van der Waals surface area (Å²) in [5.41, 5.74) is 9.51. The molecule has 5 rings (SSSR count). The second-order valence-corrected chi connectivity index (χ2v) is 9.85. The van der Waals surface area contributed by atoms with E-state index in [2.05, 4.69) is 27.1 Å². The average molecular weight is 479 g/mol. The van der Waals surface area contributed by atoms with Crippen LogP contribution in [-0.4, -0.2) is 37.3 Å². The Balaban J connectivity index is 1.36. The van der Waals surface area contributed by atoms with Crippen molar-refractivity contribution in [3.63, 3.8) is 0 Å². The summed E-state index contributed by atoms with van der Waals surface area (Å²) in [6.07, 6.45) is 5.67. The maximum atomic E-state index is 12.7. The molecule has 0 bridgehead atoms. The number of anilines is 1. The molecule has 4 aromatic rings. The zero-order chi connectivity index (χ0) is 22.9. The summed E-state index contributed by atoms with van der Waals surface area (Å²) in [6.45, 7) is 4.43. The van der Waals surface area contributed by atoms with E-state index in [0.717, 1.165) is 52.5 Å². The van der Waals surface area contributed by atoms with Crippen molar-refractivity contribution in [3.05, 3.63) is 52.9 Å². The molecule has 0 fully saturated rings. The smallest absolute Gasteiger partial charge is 0.251 e. The number of allylic oxidation sites excluding steroid dienone is 1. The summed E-state index contributed by atoms with van der Waals surface area (Å²) in [5.74, 6) is -0.642. The van der Waals surface area contributed by atoms with Crippen molar-refractivity contribution < 1.29 is 9.59 Å². The lowest BCUT2D eigenvalue weighted by Gasteiger charge is -2.11. The zero-order valence-corrected chi connectivity index (χ0v) is 19.5. The van der Waals surface area contributed by atoms with E-state index in [1.54, 1.807) is 0 Å². The number of hydrogen-bond donors (Lipinski definition) is 2. The summed E-state index contributed by atoms with van der Waals surface area (Å²) in [4.78, 5) is 30.5. The number of nitrogens with zero attached hydrogens (tertiary/aromatic N) is 4. The number of nitrogens with one attached hydrogen (secondary N) is 1. The van der Waals surface area contributed by atoms with Gasteiger partial charge in [0.2, 0.25) is 11.1 Å². The van der Waals surface area contributed by atoms with Crippen molar-refractivity contribution in [3.8, 4) is 0 Å². The number of carbonyl (C=O) groups excluding carboxylic acids is 2. The largest absolute Gasteiger partial charge is 0.365 e. The number of rotatable bonds is 7. The molecule has 8 nitrogen and oxygen atoms in total. The van der Waals surface area contributed by atoms with Crippen LogP contribution in [-0.2, 0) is 24.2 Å². The Kier molecular flexibility index (Phi) is 5.86. The maximum absolute atomic E-state index is 12.7. The predicted octanol–water partition coefficient (Wildman–Crippen LogP) is 3.94. The van der Waals surface area contributed by atoms with Crippen molar-refractivity contribution in [2.24, 2.45) is 5.73 Å². The molecule has 0 saturated heterocycles. The van der Waals surface area contributed by atoms with Crippen molar-refractivity contribution >= 4 is 62.0 Å². The second-order valence-electron chi connectivity index (χ2n) is 7.80. The van der Waals surface area contributed by atoms with Crippen molar-refractivity contribution in [1.82, 2.24) is 19.7 Å². The minimum absolute atomic E-state index is 0.0929. The van der Waals surface area contributed by atoms with Crippen LogP contribution >= 0.6 is 23.1 Å². The van der Waals surface area contributed by atoms with Gasteiger partial charge in [-0.05, 0) is 37.3 Å². The highest BCUT2D eigenvalue weighted by atomic mass is 32.2. The number of benzene rings is 1. The lowest BCUT2D eigenvalue weighted by molar-refractivity contribution is -0.113. The van der Waals surface area contributed by atoms with Gasteiger partial charge in [0.15, 0.2) is 5.65 Å². The highest BCUT2D eigenvalue weighted by Gasteiger charge is 2.25. The number of para-hydroxylation sites is 1. The molecule has 0 unspecified atom stereocenters. The minimum Gasteiger partial charge on any atom is -0.365 e. The van der Waals surface area contributed by atoms with Crippen LogP contribution in [0.4, 0.5) is 5.00 Å². The third-order valence-electron chi connectivity index (χ3n) is 5.67. The molecule has 0 radical (unpaired) electrons. The first kappa shape index (κ1) is 21.6. The molecule has 10 heteroatoms. The van der Waals surface area contributed by atoms with Crippen LogP contribution in [0.2, 0.25) is 0 Å². The molecule has 168 valence electrons. The molecular formula is C23H22N6O2S2. The number of primary amides is 1. The number of aromatic nitrogens is 4. The summed E-state index contributed by atoms with van der Waals surface area (Å²) in [5, 5.41) is 13.4. The molecule has 3 aromatic heterocycles. The monoisotopic (exact) mass is 478 g/mol. The first-order valence-corrected chi connectivity index (χ1v) is 12.5. The van der Waals surface area contributed by atoms with Crippen molar-refractivity contribution in [2.75, 3.05) is 11.1 Å². The Hall–Kier alpha value is -3.24. The van der Waals surface area contributed by atoms with Gasteiger partial charge in [-0.1, -0.05) is 36.0 Å².